The zero-order chi connectivity index (χ0) is 13.9. The number of hydrogen-bond acceptors (Lipinski definition) is 3. The first-order chi connectivity index (χ1) is 9.76. The van der Waals surface area contributed by atoms with E-state index in [2.05, 4.69) is 29.2 Å². The molecule has 0 fully saturated rings. The molecule has 3 heteroatoms. The van der Waals surface area contributed by atoms with E-state index in [0.29, 0.717) is 0 Å². The van der Waals surface area contributed by atoms with Gasteiger partial charge in [-0.2, -0.15) is 0 Å². The first-order valence-electron chi connectivity index (χ1n) is 7.02. The molecule has 0 amide bonds. The highest BCUT2D eigenvalue weighted by atomic mass is 16.5. The molecule has 0 saturated carbocycles. The van der Waals surface area contributed by atoms with Gasteiger partial charge in [0.15, 0.2) is 0 Å². The van der Waals surface area contributed by atoms with Crippen LogP contribution in [0.1, 0.15) is 17.5 Å². The Morgan fingerprint density at radius 2 is 2.10 bits per heavy atom. The minimum atomic E-state index is 0.854. The van der Waals surface area contributed by atoms with E-state index >= 15 is 0 Å². The minimum Gasteiger partial charge on any atom is -0.497 e. The largest absolute Gasteiger partial charge is 0.497 e. The van der Waals surface area contributed by atoms with Crippen molar-refractivity contribution in [3.63, 3.8) is 0 Å². The molecule has 2 N–H and O–H groups in total. The maximum atomic E-state index is 5.88. The third-order valence-corrected chi connectivity index (χ3v) is 3.83. The van der Waals surface area contributed by atoms with E-state index in [4.69, 9.17) is 10.5 Å². The van der Waals surface area contributed by atoms with Crippen molar-refractivity contribution in [3.8, 4) is 5.75 Å². The molecule has 0 radical (unpaired) electrons. The van der Waals surface area contributed by atoms with Gasteiger partial charge in [0, 0.05) is 24.5 Å². The second kappa shape index (κ2) is 5.45. The van der Waals surface area contributed by atoms with Gasteiger partial charge in [0.1, 0.15) is 5.75 Å². The second-order valence-electron chi connectivity index (χ2n) is 5.26. The van der Waals surface area contributed by atoms with Crippen molar-refractivity contribution < 1.29 is 4.74 Å². The maximum Gasteiger partial charge on any atom is 0.119 e. The van der Waals surface area contributed by atoms with Gasteiger partial charge in [0.25, 0.3) is 0 Å². The number of nitrogens with zero attached hydrogens (tertiary/aromatic N) is 1. The van der Waals surface area contributed by atoms with E-state index in [1.165, 1.54) is 23.2 Å². The maximum absolute atomic E-state index is 5.88. The molecule has 0 atom stereocenters. The molecule has 2 aromatic carbocycles. The van der Waals surface area contributed by atoms with Gasteiger partial charge < -0.3 is 15.4 Å². The van der Waals surface area contributed by atoms with Gasteiger partial charge in [-0.15, -0.1) is 0 Å². The van der Waals surface area contributed by atoms with Gasteiger partial charge in [0.05, 0.1) is 7.11 Å². The number of aryl methyl sites for hydroxylation is 1. The summed E-state index contributed by atoms with van der Waals surface area (Å²) >= 11 is 0. The van der Waals surface area contributed by atoms with Crippen molar-refractivity contribution in [1.82, 2.24) is 0 Å². The number of rotatable bonds is 3. The van der Waals surface area contributed by atoms with Crippen molar-refractivity contribution in [2.45, 2.75) is 19.4 Å². The van der Waals surface area contributed by atoms with Crippen LogP contribution in [-0.2, 0) is 13.0 Å². The van der Waals surface area contributed by atoms with Crippen LogP contribution in [0.15, 0.2) is 42.5 Å². The van der Waals surface area contributed by atoms with Crippen LogP contribution in [0.3, 0.4) is 0 Å². The summed E-state index contributed by atoms with van der Waals surface area (Å²) in [4.78, 5) is 2.42. The number of methoxy groups -OCH3 is 1. The second-order valence-corrected chi connectivity index (χ2v) is 5.26. The van der Waals surface area contributed by atoms with Crippen molar-refractivity contribution >= 4 is 11.4 Å². The number of ether oxygens (including phenoxy) is 1. The summed E-state index contributed by atoms with van der Waals surface area (Å²) in [6.07, 6.45) is 2.30. The molecule has 20 heavy (non-hydrogen) atoms. The Labute approximate surface area is 120 Å². The Hall–Kier alpha value is -2.16. The molecule has 1 aliphatic rings. The summed E-state index contributed by atoms with van der Waals surface area (Å²) in [7, 11) is 1.71. The van der Waals surface area contributed by atoms with Crippen molar-refractivity contribution in [2.75, 3.05) is 24.3 Å². The number of nitrogens with two attached hydrogens (primary N) is 1. The highest BCUT2D eigenvalue weighted by Crippen LogP contribution is 2.30. The molecular formula is C17H20N2O. The lowest BCUT2D eigenvalue weighted by Gasteiger charge is -2.31. The fourth-order valence-electron chi connectivity index (χ4n) is 2.85. The zero-order valence-electron chi connectivity index (χ0n) is 11.8. The Balaban J connectivity index is 1.85. The first-order valence-corrected chi connectivity index (χ1v) is 7.02. The molecule has 3 rings (SSSR count). The smallest absolute Gasteiger partial charge is 0.119 e. The standard InChI is InChI=1S/C17H20N2O/c1-20-16-6-2-4-13(10-16)12-19-9-3-5-14-11-15(18)7-8-17(14)19/h2,4,6-8,10-11H,3,5,9,12,18H2,1H3. The average molecular weight is 268 g/mol. The molecule has 3 nitrogen and oxygen atoms in total. The highest BCUT2D eigenvalue weighted by molar-refractivity contribution is 5.61. The number of anilines is 2. The Morgan fingerprint density at radius 3 is 2.95 bits per heavy atom. The molecule has 1 aliphatic heterocycles. The summed E-state index contributed by atoms with van der Waals surface area (Å²) in [6.45, 7) is 2.00. The third-order valence-electron chi connectivity index (χ3n) is 3.83. The Bertz CT molecular complexity index is 610. The number of benzene rings is 2. The number of hydrogen-bond donors (Lipinski definition) is 1. The first kappa shape index (κ1) is 12.9. The summed E-state index contributed by atoms with van der Waals surface area (Å²) in [6, 6.07) is 14.5. The van der Waals surface area contributed by atoms with Crippen LogP contribution in [0, 0.1) is 0 Å². The van der Waals surface area contributed by atoms with E-state index in [-0.39, 0.29) is 0 Å². The highest BCUT2D eigenvalue weighted by Gasteiger charge is 2.17. The van der Waals surface area contributed by atoms with Crippen LogP contribution in [0.2, 0.25) is 0 Å². The molecule has 0 spiro atoms. The van der Waals surface area contributed by atoms with Crippen LogP contribution < -0.4 is 15.4 Å². The Kier molecular flexibility index (Phi) is 3.50. The fraction of sp³-hybridized carbons (Fsp3) is 0.294. The van der Waals surface area contributed by atoms with Gasteiger partial charge in [-0.05, 0) is 54.3 Å². The molecule has 0 unspecified atom stereocenters. The summed E-state index contributed by atoms with van der Waals surface area (Å²) in [5.74, 6) is 0.914. The summed E-state index contributed by atoms with van der Waals surface area (Å²) in [5.41, 5.74) is 10.7. The number of fused-ring (bicyclic) bond motifs is 1. The fourth-order valence-corrected chi connectivity index (χ4v) is 2.85. The van der Waals surface area contributed by atoms with E-state index in [1.54, 1.807) is 7.11 Å². The lowest BCUT2D eigenvalue weighted by Crippen LogP contribution is -2.28. The molecule has 0 aliphatic carbocycles. The lowest BCUT2D eigenvalue weighted by atomic mass is 10.0. The van der Waals surface area contributed by atoms with E-state index in [1.807, 2.05) is 18.2 Å². The van der Waals surface area contributed by atoms with Gasteiger partial charge in [-0.1, -0.05) is 12.1 Å². The molecule has 2 aromatic rings. The molecule has 0 saturated heterocycles. The normalized spacial score (nSPS) is 13.9. The van der Waals surface area contributed by atoms with Crippen LogP contribution in [0.4, 0.5) is 11.4 Å². The molecule has 104 valence electrons. The van der Waals surface area contributed by atoms with Gasteiger partial charge >= 0.3 is 0 Å². The van der Waals surface area contributed by atoms with Gasteiger partial charge in [-0.25, -0.2) is 0 Å². The predicted molar refractivity (Wildman–Crippen MR) is 83.2 cm³/mol. The van der Waals surface area contributed by atoms with Crippen LogP contribution in [0.25, 0.3) is 0 Å². The van der Waals surface area contributed by atoms with E-state index in [9.17, 15) is 0 Å². The molecule has 0 aromatic heterocycles. The lowest BCUT2D eigenvalue weighted by molar-refractivity contribution is 0.414. The van der Waals surface area contributed by atoms with E-state index < -0.39 is 0 Å². The molecule has 1 heterocycles. The van der Waals surface area contributed by atoms with Gasteiger partial charge in [-0.3, -0.25) is 0 Å². The molecular weight excluding hydrogens is 248 g/mol. The topological polar surface area (TPSA) is 38.5 Å². The average Bonchev–Trinajstić information content (AvgIpc) is 2.47. The third kappa shape index (κ3) is 2.57. The SMILES string of the molecule is COc1cccc(CN2CCCc3cc(N)ccc32)c1. The van der Waals surface area contributed by atoms with Crippen LogP contribution >= 0.6 is 0 Å². The molecule has 0 bridgehead atoms. The van der Waals surface area contributed by atoms with Crippen molar-refractivity contribution in [1.29, 1.82) is 0 Å². The monoisotopic (exact) mass is 268 g/mol. The quantitative estimate of drug-likeness (QED) is 0.869. The van der Waals surface area contributed by atoms with Crippen LogP contribution in [0.5, 0.6) is 5.75 Å². The summed E-state index contributed by atoms with van der Waals surface area (Å²) < 4.78 is 5.29. The number of nitrogen functional groups attached to an aromatic ring is 1. The zero-order valence-corrected chi connectivity index (χ0v) is 11.8. The predicted octanol–water partition coefficient (Wildman–Crippen LogP) is 3.23. The summed E-state index contributed by atoms with van der Waals surface area (Å²) in [5, 5.41) is 0. The minimum absolute atomic E-state index is 0.854. The Morgan fingerprint density at radius 1 is 1.20 bits per heavy atom. The van der Waals surface area contributed by atoms with E-state index in [0.717, 1.165) is 30.9 Å². The van der Waals surface area contributed by atoms with Crippen molar-refractivity contribution in [2.24, 2.45) is 0 Å². The van der Waals surface area contributed by atoms with Crippen molar-refractivity contribution in [3.05, 3.63) is 53.6 Å². The van der Waals surface area contributed by atoms with Gasteiger partial charge in [0.2, 0.25) is 0 Å². The van der Waals surface area contributed by atoms with Crippen LogP contribution in [-0.4, -0.2) is 13.7 Å².